The molecule has 0 unspecified atom stereocenters. The van der Waals surface area contributed by atoms with Gasteiger partial charge in [0.1, 0.15) is 5.82 Å². The van der Waals surface area contributed by atoms with Crippen molar-refractivity contribution in [3.05, 3.63) is 29.6 Å². The summed E-state index contributed by atoms with van der Waals surface area (Å²) in [6.45, 7) is 1.46. The molecule has 2 aliphatic rings. The molecule has 1 aromatic rings. The summed E-state index contributed by atoms with van der Waals surface area (Å²) < 4.78 is 13.9. The molecule has 0 aromatic heterocycles. The number of primary amides is 1. The summed E-state index contributed by atoms with van der Waals surface area (Å²) in [5.74, 6) is -1.08. The van der Waals surface area contributed by atoms with Gasteiger partial charge >= 0.3 is 0 Å². The number of anilines is 1. The van der Waals surface area contributed by atoms with Crippen LogP contribution in [0.1, 0.15) is 36.0 Å². The Hall–Kier alpha value is -1.66. The van der Waals surface area contributed by atoms with Gasteiger partial charge in [-0.15, -0.1) is 12.4 Å². The summed E-state index contributed by atoms with van der Waals surface area (Å²) in [6.07, 6.45) is 3.97. The topological polar surface area (TPSA) is 84.2 Å². The number of hydrogen-bond donors (Lipinski definition) is 3. The van der Waals surface area contributed by atoms with Crippen LogP contribution in [0.15, 0.2) is 18.2 Å². The van der Waals surface area contributed by atoms with Gasteiger partial charge in [-0.05, 0) is 43.5 Å². The molecular weight excluding hydrogens is 321 g/mol. The van der Waals surface area contributed by atoms with E-state index in [1.54, 1.807) is 0 Å². The van der Waals surface area contributed by atoms with E-state index in [9.17, 15) is 14.0 Å². The van der Waals surface area contributed by atoms with Crippen molar-refractivity contribution in [2.24, 2.45) is 17.1 Å². The maximum atomic E-state index is 13.9. The first-order valence-corrected chi connectivity index (χ1v) is 7.64. The van der Waals surface area contributed by atoms with E-state index in [0.29, 0.717) is 12.5 Å². The Balaban J connectivity index is 0.00000192. The van der Waals surface area contributed by atoms with Gasteiger partial charge < -0.3 is 16.4 Å². The highest BCUT2D eigenvalue weighted by atomic mass is 35.5. The molecule has 4 N–H and O–H groups in total. The molecule has 1 saturated heterocycles. The molecule has 2 fully saturated rings. The van der Waals surface area contributed by atoms with Gasteiger partial charge in [0, 0.05) is 12.1 Å². The summed E-state index contributed by atoms with van der Waals surface area (Å²) in [5, 5.41) is 5.96. The molecule has 2 atom stereocenters. The normalized spacial score (nSPS) is 26.0. The van der Waals surface area contributed by atoms with Crippen molar-refractivity contribution in [1.29, 1.82) is 0 Å². The number of nitrogens with two attached hydrogens (primary N) is 1. The third-order valence-corrected chi connectivity index (χ3v) is 4.99. The van der Waals surface area contributed by atoms with Crippen molar-refractivity contribution in [2.45, 2.75) is 25.7 Å². The lowest BCUT2D eigenvalue weighted by atomic mass is 9.67. The quantitative estimate of drug-likeness (QED) is 0.786. The average molecular weight is 342 g/mol. The zero-order chi connectivity index (χ0) is 15.7. The lowest BCUT2D eigenvalue weighted by Crippen LogP contribution is -2.44. The number of nitrogens with one attached hydrogen (secondary N) is 2. The number of carbonyl (C=O) groups excluding carboxylic acids is 2. The van der Waals surface area contributed by atoms with E-state index >= 15 is 0 Å². The molecule has 0 radical (unpaired) electrons. The lowest BCUT2D eigenvalue weighted by molar-refractivity contribution is -0.128. The van der Waals surface area contributed by atoms with Gasteiger partial charge in [-0.25, -0.2) is 4.39 Å². The molecule has 3 rings (SSSR count). The lowest BCUT2D eigenvalue weighted by Gasteiger charge is -2.37. The molecule has 2 amide bonds. The van der Waals surface area contributed by atoms with Crippen LogP contribution in [0.4, 0.5) is 10.1 Å². The van der Waals surface area contributed by atoms with Gasteiger partial charge in [-0.2, -0.15) is 0 Å². The third kappa shape index (κ3) is 3.19. The molecule has 1 aliphatic carbocycles. The molecule has 1 heterocycles. The van der Waals surface area contributed by atoms with Crippen LogP contribution in [0.2, 0.25) is 0 Å². The second kappa shape index (κ2) is 6.84. The summed E-state index contributed by atoms with van der Waals surface area (Å²) >= 11 is 0. The largest absolute Gasteiger partial charge is 0.366 e. The van der Waals surface area contributed by atoms with Crippen LogP contribution >= 0.6 is 12.4 Å². The molecule has 1 aliphatic heterocycles. The molecule has 7 heteroatoms. The minimum absolute atomic E-state index is 0. The Kier molecular flexibility index (Phi) is 5.26. The fourth-order valence-corrected chi connectivity index (χ4v) is 3.71. The number of benzene rings is 1. The van der Waals surface area contributed by atoms with Gasteiger partial charge in [0.05, 0.1) is 11.1 Å². The molecule has 0 bridgehead atoms. The maximum absolute atomic E-state index is 13.9. The second-order valence-electron chi connectivity index (χ2n) is 6.24. The molecule has 1 saturated carbocycles. The number of rotatable bonds is 3. The summed E-state index contributed by atoms with van der Waals surface area (Å²) in [7, 11) is 0. The SMILES string of the molecule is Cl.NC(=O)c1ccc(F)c(NC(=O)[C@@]23CCCC[C@H]2CNC3)c1. The number of amides is 2. The predicted molar refractivity (Wildman–Crippen MR) is 88.1 cm³/mol. The van der Waals surface area contributed by atoms with E-state index in [4.69, 9.17) is 5.73 Å². The fraction of sp³-hybridized carbons (Fsp3) is 0.500. The van der Waals surface area contributed by atoms with Gasteiger partial charge in [0.2, 0.25) is 11.8 Å². The highest BCUT2D eigenvalue weighted by Gasteiger charge is 2.49. The maximum Gasteiger partial charge on any atom is 0.248 e. The van der Waals surface area contributed by atoms with Crippen LogP contribution < -0.4 is 16.4 Å². The van der Waals surface area contributed by atoms with Crippen molar-refractivity contribution in [1.82, 2.24) is 5.32 Å². The van der Waals surface area contributed by atoms with Crippen LogP contribution in [-0.4, -0.2) is 24.9 Å². The average Bonchev–Trinajstić information content (AvgIpc) is 2.94. The smallest absolute Gasteiger partial charge is 0.248 e. The van der Waals surface area contributed by atoms with E-state index in [1.807, 2.05) is 0 Å². The van der Waals surface area contributed by atoms with Gasteiger partial charge in [0.25, 0.3) is 0 Å². The van der Waals surface area contributed by atoms with E-state index in [0.717, 1.165) is 38.3 Å². The number of halogens is 2. The minimum Gasteiger partial charge on any atom is -0.366 e. The fourth-order valence-electron chi connectivity index (χ4n) is 3.71. The zero-order valence-corrected chi connectivity index (χ0v) is 13.5. The van der Waals surface area contributed by atoms with Crippen molar-refractivity contribution in [3.8, 4) is 0 Å². The van der Waals surface area contributed by atoms with Crippen LogP contribution in [0, 0.1) is 17.2 Å². The predicted octanol–water partition coefficient (Wildman–Crippen LogP) is 2.06. The van der Waals surface area contributed by atoms with Crippen molar-refractivity contribution in [3.63, 3.8) is 0 Å². The van der Waals surface area contributed by atoms with E-state index in [1.165, 1.54) is 12.1 Å². The number of fused-ring (bicyclic) bond motifs is 1. The molecule has 126 valence electrons. The van der Waals surface area contributed by atoms with Crippen molar-refractivity contribution in [2.75, 3.05) is 18.4 Å². The Morgan fingerprint density at radius 3 is 2.87 bits per heavy atom. The van der Waals surface area contributed by atoms with E-state index < -0.39 is 17.1 Å². The second-order valence-corrected chi connectivity index (χ2v) is 6.24. The van der Waals surface area contributed by atoms with Gasteiger partial charge in [-0.3, -0.25) is 9.59 Å². The molecule has 5 nitrogen and oxygen atoms in total. The Bertz CT molecular complexity index is 625. The van der Waals surface area contributed by atoms with E-state index in [2.05, 4.69) is 10.6 Å². The standard InChI is InChI=1S/C16H20FN3O2.ClH/c17-12-5-4-10(14(18)21)7-13(12)20-15(22)16-6-2-1-3-11(16)8-19-9-16;/h4-5,7,11,19H,1-3,6,8-9H2,(H2,18,21)(H,20,22);1H/t11-,16+;/m0./s1. The number of hydrogen-bond acceptors (Lipinski definition) is 3. The monoisotopic (exact) mass is 341 g/mol. The first-order valence-electron chi connectivity index (χ1n) is 7.64. The third-order valence-electron chi connectivity index (χ3n) is 4.99. The van der Waals surface area contributed by atoms with E-state index in [-0.39, 0.29) is 29.6 Å². The van der Waals surface area contributed by atoms with Crippen molar-refractivity contribution >= 4 is 29.9 Å². The summed E-state index contributed by atoms with van der Waals surface area (Å²) in [4.78, 5) is 24.0. The van der Waals surface area contributed by atoms with Crippen LogP contribution in [0.25, 0.3) is 0 Å². The summed E-state index contributed by atoms with van der Waals surface area (Å²) in [6, 6.07) is 3.76. The highest BCUT2D eigenvalue weighted by molar-refractivity contribution is 5.98. The summed E-state index contributed by atoms with van der Waals surface area (Å²) in [5.41, 5.74) is 4.94. The molecule has 23 heavy (non-hydrogen) atoms. The Morgan fingerprint density at radius 2 is 2.13 bits per heavy atom. The van der Waals surface area contributed by atoms with Crippen molar-refractivity contribution < 1.29 is 14.0 Å². The molecule has 1 aromatic carbocycles. The molecule has 0 spiro atoms. The first kappa shape index (κ1) is 17.7. The first-order chi connectivity index (χ1) is 10.5. The molecular formula is C16H21ClFN3O2. The van der Waals surface area contributed by atoms with Gasteiger partial charge in [0.15, 0.2) is 0 Å². The van der Waals surface area contributed by atoms with Crippen LogP contribution in [0.3, 0.4) is 0 Å². The van der Waals surface area contributed by atoms with Crippen LogP contribution in [-0.2, 0) is 4.79 Å². The van der Waals surface area contributed by atoms with Gasteiger partial charge in [-0.1, -0.05) is 12.8 Å². The highest BCUT2D eigenvalue weighted by Crippen LogP contribution is 2.44. The Morgan fingerprint density at radius 1 is 1.35 bits per heavy atom. The Labute approximate surface area is 140 Å². The van der Waals surface area contributed by atoms with Crippen LogP contribution in [0.5, 0.6) is 0 Å². The minimum atomic E-state index is -0.647. The number of carbonyl (C=O) groups is 2. The zero-order valence-electron chi connectivity index (χ0n) is 12.7.